The van der Waals surface area contributed by atoms with Gasteiger partial charge in [-0.05, 0) is 12.8 Å². The van der Waals surface area contributed by atoms with Crippen molar-refractivity contribution in [2.45, 2.75) is 51.7 Å². The first-order chi connectivity index (χ1) is 7.42. The Morgan fingerprint density at radius 1 is 1.00 bits per heavy atom. The lowest BCUT2D eigenvalue weighted by molar-refractivity contribution is 0.0139. The molecule has 0 N–H and O–H groups in total. The van der Waals surface area contributed by atoms with Crippen LogP contribution in [0.25, 0.3) is 0 Å². The van der Waals surface area contributed by atoms with E-state index in [1.54, 1.807) is 0 Å². The fourth-order valence-corrected chi connectivity index (χ4v) is 1.32. The van der Waals surface area contributed by atoms with Crippen LogP contribution in [0.15, 0.2) is 0 Å². The van der Waals surface area contributed by atoms with E-state index < -0.39 is 17.3 Å². The predicted octanol–water partition coefficient (Wildman–Crippen LogP) is 4.36. The SMILES string of the molecule is CCC(C)C(Cl)OC(=O)OC(Cl)C(C)CC. The molecule has 0 aromatic carbocycles. The van der Waals surface area contributed by atoms with E-state index in [2.05, 4.69) is 0 Å². The topological polar surface area (TPSA) is 35.5 Å². The zero-order chi connectivity index (χ0) is 12.7. The van der Waals surface area contributed by atoms with E-state index in [0.717, 1.165) is 12.8 Å². The average Bonchev–Trinajstić information content (AvgIpc) is 2.26. The molecule has 3 nitrogen and oxygen atoms in total. The minimum Gasteiger partial charge on any atom is -0.414 e. The molecule has 0 saturated carbocycles. The first-order valence-corrected chi connectivity index (χ1v) is 6.45. The van der Waals surface area contributed by atoms with Crippen molar-refractivity contribution in [2.75, 3.05) is 0 Å². The summed E-state index contributed by atoms with van der Waals surface area (Å²) in [5.74, 6) is 0.179. The van der Waals surface area contributed by atoms with Crippen molar-refractivity contribution in [3.8, 4) is 0 Å². The number of hydrogen-bond acceptors (Lipinski definition) is 3. The molecule has 0 spiro atoms. The Morgan fingerprint density at radius 3 is 1.56 bits per heavy atom. The standard InChI is InChI=1S/C11H20Cl2O3/c1-5-7(3)9(12)15-11(14)16-10(13)8(4)6-2/h7-10H,5-6H2,1-4H3. The molecule has 0 radical (unpaired) electrons. The van der Waals surface area contributed by atoms with Gasteiger partial charge in [0, 0.05) is 11.8 Å². The maximum atomic E-state index is 11.3. The summed E-state index contributed by atoms with van der Waals surface area (Å²) in [4.78, 5) is 11.3. The first kappa shape index (κ1) is 15.9. The Balaban J connectivity index is 3.99. The third-order valence-electron chi connectivity index (χ3n) is 2.60. The van der Waals surface area contributed by atoms with Crippen molar-refractivity contribution >= 4 is 29.4 Å². The normalized spacial score (nSPS) is 18.4. The van der Waals surface area contributed by atoms with Crippen LogP contribution in [0.4, 0.5) is 4.79 Å². The highest BCUT2D eigenvalue weighted by atomic mass is 35.5. The van der Waals surface area contributed by atoms with Gasteiger partial charge in [0.15, 0.2) is 11.1 Å². The molecular weight excluding hydrogens is 251 g/mol. The van der Waals surface area contributed by atoms with Gasteiger partial charge in [0.05, 0.1) is 0 Å². The third kappa shape index (κ3) is 5.80. The van der Waals surface area contributed by atoms with E-state index in [1.807, 2.05) is 27.7 Å². The van der Waals surface area contributed by atoms with Gasteiger partial charge in [-0.25, -0.2) is 4.79 Å². The molecule has 16 heavy (non-hydrogen) atoms. The fraction of sp³-hybridized carbons (Fsp3) is 0.909. The number of halogens is 2. The largest absolute Gasteiger partial charge is 0.511 e. The smallest absolute Gasteiger partial charge is 0.414 e. The summed E-state index contributed by atoms with van der Waals surface area (Å²) in [7, 11) is 0. The van der Waals surface area contributed by atoms with Crippen molar-refractivity contribution < 1.29 is 14.3 Å². The monoisotopic (exact) mass is 270 g/mol. The Morgan fingerprint density at radius 2 is 1.31 bits per heavy atom. The molecule has 4 unspecified atom stereocenters. The molecule has 0 aromatic heterocycles. The lowest BCUT2D eigenvalue weighted by Crippen LogP contribution is -2.25. The van der Waals surface area contributed by atoms with Gasteiger partial charge < -0.3 is 9.47 Å². The molecule has 0 amide bonds. The molecule has 4 atom stereocenters. The second-order valence-electron chi connectivity index (χ2n) is 3.96. The van der Waals surface area contributed by atoms with Gasteiger partial charge in [0.2, 0.25) is 0 Å². The van der Waals surface area contributed by atoms with Crippen LogP contribution in [-0.2, 0) is 9.47 Å². The highest BCUT2D eigenvalue weighted by Crippen LogP contribution is 2.19. The van der Waals surface area contributed by atoms with Gasteiger partial charge in [-0.2, -0.15) is 0 Å². The Labute approximate surface area is 107 Å². The lowest BCUT2D eigenvalue weighted by Gasteiger charge is -2.20. The highest BCUT2D eigenvalue weighted by molar-refractivity contribution is 6.21. The molecule has 0 fully saturated rings. The van der Waals surface area contributed by atoms with Gasteiger partial charge in [0.25, 0.3) is 0 Å². The molecule has 96 valence electrons. The number of carbonyl (C=O) groups is 1. The van der Waals surface area contributed by atoms with E-state index in [4.69, 9.17) is 32.7 Å². The molecule has 0 bridgehead atoms. The summed E-state index contributed by atoms with van der Waals surface area (Å²) in [5, 5.41) is 0. The van der Waals surface area contributed by atoms with Crippen LogP contribution in [0, 0.1) is 11.8 Å². The van der Waals surface area contributed by atoms with Crippen molar-refractivity contribution in [1.29, 1.82) is 0 Å². The zero-order valence-electron chi connectivity index (χ0n) is 10.2. The molecule has 0 aliphatic rings. The summed E-state index contributed by atoms with van der Waals surface area (Å²) in [5.41, 5.74) is -1.34. The van der Waals surface area contributed by atoms with Crippen LogP contribution in [0.1, 0.15) is 40.5 Å². The van der Waals surface area contributed by atoms with E-state index >= 15 is 0 Å². The summed E-state index contributed by atoms with van der Waals surface area (Å²) in [6, 6.07) is 0. The lowest BCUT2D eigenvalue weighted by atomic mass is 10.1. The molecule has 0 aromatic rings. The Bertz CT molecular complexity index is 191. The molecule has 0 rings (SSSR count). The van der Waals surface area contributed by atoms with Crippen molar-refractivity contribution in [3.05, 3.63) is 0 Å². The van der Waals surface area contributed by atoms with E-state index in [9.17, 15) is 4.79 Å². The fourth-order valence-electron chi connectivity index (χ4n) is 0.815. The number of alkyl halides is 2. The predicted molar refractivity (Wildman–Crippen MR) is 65.8 cm³/mol. The molecular formula is C11H20Cl2O3. The van der Waals surface area contributed by atoms with Gasteiger partial charge in [0.1, 0.15) is 0 Å². The molecule has 0 aliphatic carbocycles. The average molecular weight is 271 g/mol. The highest BCUT2D eigenvalue weighted by Gasteiger charge is 2.22. The van der Waals surface area contributed by atoms with Gasteiger partial charge in [-0.3, -0.25) is 0 Å². The van der Waals surface area contributed by atoms with E-state index in [0.29, 0.717) is 0 Å². The number of hydrogen-bond donors (Lipinski definition) is 0. The quantitative estimate of drug-likeness (QED) is 0.531. The zero-order valence-corrected chi connectivity index (χ0v) is 11.7. The van der Waals surface area contributed by atoms with Gasteiger partial charge in [-0.15, -0.1) is 0 Å². The van der Waals surface area contributed by atoms with Crippen molar-refractivity contribution in [3.63, 3.8) is 0 Å². The van der Waals surface area contributed by atoms with Crippen LogP contribution >= 0.6 is 23.2 Å². The van der Waals surface area contributed by atoms with Gasteiger partial charge >= 0.3 is 6.16 Å². The van der Waals surface area contributed by atoms with Crippen molar-refractivity contribution in [1.82, 2.24) is 0 Å². The summed E-state index contributed by atoms with van der Waals surface area (Å²) < 4.78 is 9.78. The Kier molecular flexibility index (Phi) is 7.94. The van der Waals surface area contributed by atoms with E-state index in [-0.39, 0.29) is 11.8 Å². The summed E-state index contributed by atoms with van der Waals surface area (Å²) >= 11 is 11.7. The molecule has 0 aliphatic heterocycles. The first-order valence-electron chi connectivity index (χ1n) is 5.57. The van der Waals surface area contributed by atoms with Crippen LogP contribution in [-0.4, -0.2) is 17.3 Å². The molecule has 5 heteroatoms. The van der Waals surface area contributed by atoms with Crippen LogP contribution in [0.3, 0.4) is 0 Å². The summed E-state index contributed by atoms with van der Waals surface area (Å²) in [6.45, 7) is 7.74. The minimum absolute atomic E-state index is 0.0894. The van der Waals surface area contributed by atoms with Crippen LogP contribution < -0.4 is 0 Å². The number of rotatable bonds is 6. The summed E-state index contributed by atoms with van der Waals surface area (Å²) in [6.07, 6.45) is 0.856. The maximum Gasteiger partial charge on any atom is 0.511 e. The number of ether oxygens (including phenoxy) is 2. The molecule has 0 heterocycles. The second-order valence-corrected chi connectivity index (χ2v) is 4.82. The maximum absolute atomic E-state index is 11.3. The van der Waals surface area contributed by atoms with Crippen LogP contribution in [0.5, 0.6) is 0 Å². The minimum atomic E-state index is -0.805. The number of carbonyl (C=O) groups excluding carboxylic acids is 1. The Hall–Kier alpha value is -0.150. The third-order valence-corrected chi connectivity index (χ3v) is 3.64. The van der Waals surface area contributed by atoms with Gasteiger partial charge in [-0.1, -0.05) is 50.9 Å². The second kappa shape index (κ2) is 8.02. The van der Waals surface area contributed by atoms with E-state index in [1.165, 1.54) is 0 Å². The van der Waals surface area contributed by atoms with Crippen LogP contribution in [0.2, 0.25) is 0 Å². The van der Waals surface area contributed by atoms with Crippen molar-refractivity contribution in [2.24, 2.45) is 11.8 Å². The molecule has 0 saturated heterocycles.